The number of carbonyl (C=O) groups excluding carboxylic acids is 1. The number of nitrogens with one attached hydrogen (secondary N) is 1. The van der Waals surface area contributed by atoms with Gasteiger partial charge in [0, 0.05) is 40.4 Å². The molecule has 2 atom stereocenters. The SMILES string of the molecule is CC(C)(C)OC(=O)N1C[C@H](F)C[C@@H](Nc2nnc(-c3ccc(Cl)cc3)c3ccccc23)C1. The van der Waals surface area contributed by atoms with Gasteiger partial charge >= 0.3 is 6.09 Å². The average molecular weight is 457 g/mol. The van der Waals surface area contributed by atoms with Crippen LogP contribution in [0.1, 0.15) is 27.2 Å². The van der Waals surface area contributed by atoms with Gasteiger partial charge in [-0.15, -0.1) is 10.2 Å². The molecule has 2 heterocycles. The van der Waals surface area contributed by atoms with Gasteiger partial charge in [0.2, 0.25) is 0 Å². The topological polar surface area (TPSA) is 67.3 Å². The van der Waals surface area contributed by atoms with Gasteiger partial charge in [-0.1, -0.05) is 48.0 Å². The molecular formula is C24H26ClFN4O2. The Balaban J connectivity index is 1.60. The van der Waals surface area contributed by atoms with Crippen LogP contribution < -0.4 is 5.32 Å². The summed E-state index contributed by atoms with van der Waals surface area (Å²) in [5.74, 6) is 0.557. The fourth-order valence-corrected chi connectivity index (χ4v) is 3.97. The van der Waals surface area contributed by atoms with Crippen molar-refractivity contribution in [2.75, 3.05) is 18.4 Å². The number of carbonyl (C=O) groups is 1. The van der Waals surface area contributed by atoms with E-state index in [1.54, 1.807) is 20.8 Å². The van der Waals surface area contributed by atoms with Gasteiger partial charge in [0.05, 0.1) is 6.54 Å². The summed E-state index contributed by atoms with van der Waals surface area (Å²) in [6.07, 6.45) is -1.39. The average Bonchev–Trinajstić information content (AvgIpc) is 2.73. The molecule has 8 heteroatoms. The molecule has 1 aliphatic rings. The molecule has 4 rings (SSSR count). The van der Waals surface area contributed by atoms with Gasteiger partial charge in [0.25, 0.3) is 0 Å². The molecule has 0 radical (unpaired) electrons. The van der Waals surface area contributed by atoms with Crippen molar-refractivity contribution in [3.63, 3.8) is 0 Å². The number of amides is 1. The quantitative estimate of drug-likeness (QED) is 0.546. The first-order valence-electron chi connectivity index (χ1n) is 10.6. The van der Waals surface area contributed by atoms with E-state index in [4.69, 9.17) is 16.3 Å². The van der Waals surface area contributed by atoms with E-state index in [9.17, 15) is 9.18 Å². The summed E-state index contributed by atoms with van der Waals surface area (Å²) in [4.78, 5) is 13.9. The van der Waals surface area contributed by atoms with Crippen LogP contribution in [0.3, 0.4) is 0 Å². The second-order valence-electron chi connectivity index (χ2n) is 9.01. The summed E-state index contributed by atoms with van der Waals surface area (Å²) in [7, 11) is 0. The van der Waals surface area contributed by atoms with Crippen LogP contribution in [-0.2, 0) is 4.74 Å². The standard InChI is InChI=1S/C24H26ClFN4O2/c1-24(2,3)32-23(31)30-13-17(26)12-18(14-30)27-22-20-7-5-4-6-19(20)21(28-29-22)15-8-10-16(25)11-9-15/h4-11,17-18H,12-14H2,1-3H3,(H,27,29)/t17-,18-/m1/s1. The minimum atomic E-state index is -1.15. The molecule has 3 aromatic rings. The molecule has 1 N–H and O–H groups in total. The van der Waals surface area contributed by atoms with Gasteiger partial charge in [-0.2, -0.15) is 0 Å². The van der Waals surface area contributed by atoms with Crippen LogP contribution in [0.25, 0.3) is 22.0 Å². The fraction of sp³-hybridized carbons (Fsp3) is 0.375. The van der Waals surface area contributed by atoms with Gasteiger partial charge in [0.15, 0.2) is 5.82 Å². The van der Waals surface area contributed by atoms with Crippen molar-refractivity contribution in [3.05, 3.63) is 53.6 Å². The second-order valence-corrected chi connectivity index (χ2v) is 9.45. The first kappa shape index (κ1) is 22.3. The van der Waals surface area contributed by atoms with E-state index in [0.29, 0.717) is 17.4 Å². The highest BCUT2D eigenvalue weighted by molar-refractivity contribution is 6.30. The van der Waals surface area contributed by atoms with E-state index >= 15 is 0 Å². The van der Waals surface area contributed by atoms with E-state index in [2.05, 4.69) is 15.5 Å². The summed E-state index contributed by atoms with van der Waals surface area (Å²) in [6.45, 7) is 5.73. The minimum absolute atomic E-state index is 0.0228. The molecule has 168 valence electrons. The molecule has 0 bridgehead atoms. The first-order chi connectivity index (χ1) is 15.2. The molecule has 32 heavy (non-hydrogen) atoms. The molecule has 0 spiro atoms. The molecule has 1 saturated heterocycles. The Morgan fingerprint density at radius 1 is 1.09 bits per heavy atom. The molecule has 0 saturated carbocycles. The number of alkyl halides is 1. The first-order valence-corrected chi connectivity index (χ1v) is 11.0. The molecule has 6 nitrogen and oxygen atoms in total. The second kappa shape index (κ2) is 8.90. The number of fused-ring (bicyclic) bond motifs is 1. The minimum Gasteiger partial charge on any atom is -0.444 e. The lowest BCUT2D eigenvalue weighted by atomic mass is 10.0. The van der Waals surface area contributed by atoms with Crippen molar-refractivity contribution in [2.45, 2.75) is 45.0 Å². The Bertz CT molecular complexity index is 1120. The molecule has 1 fully saturated rings. The van der Waals surface area contributed by atoms with Crippen LogP contribution >= 0.6 is 11.6 Å². The van der Waals surface area contributed by atoms with Gasteiger partial charge < -0.3 is 15.0 Å². The smallest absolute Gasteiger partial charge is 0.410 e. The molecule has 1 aromatic heterocycles. The highest BCUT2D eigenvalue weighted by Crippen LogP contribution is 2.31. The summed E-state index contributed by atoms with van der Waals surface area (Å²) >= 11 is 6.02. The summed E-state index contributed by atoms with van der Waals surface area (Å²) in [5, 5.41) is 14.6. The zero-order valence-electron chi connectivity index (χ0n) is 18.3. The lowest BCUT2D eigenvalue weighted by Gasteiger charge is -2.36. The number of halogens is 2. The summed E-state index contributed by atoms with van der Waals surface area (Å²) < 4.78 is 19.9. The number of anilines is 1. The molecule has 2 aromatic carbocycles. The van der Waals surface area contributed by atoms with Crippen LogP contribution in [0.4, 0.5) is 15.0 Å². The lowest BCUT2D eigenvalue weighted by molar-refractivity contribution is 0.0124. The Morgan fingerprint density at radius 2 is 1.78 bits per heavy atom. The van der Waals surface area contributed by atoms with Crippen LogP contribution in [0.5, 0.6) is 0 Å². The molecule has 0 unspecified atom stereocenters. The zero-order valence-corrected chi connectivity index (χ0v) is 19.1. The van der Waals surface area contributed by atoms with Crippen LogP contribution in [-0.4, -0.2) is 52.1 Å². The number of benzene rings is 2. The number of hydrogen-bond acceptors (Lipinski definition) is 5. The maximum atomic E-state index is 14.5. The van der Waals surface area contributed by atoms with Crippen molar-refractivity contribution in [2.24, 2.45) is 0 Å². The zero-order chi connectivity index (χ0) is 22.9. The number of aromatic nitrogens is 2. The van der Waals surface area contributed by atoms with Crippen molar-refractivity contribution in [3.8, 4) is 11.3 Å². The van der Waals surface area contributed by atoms with E-state index in [0.717, 1.165) is 22.0 Å². The largest absolute Gasteiger partial charge is 0.444 e. The van der Waals surface area contributed by atoms with Crippen molar-refractivity contribution in [1.82, 2.24) is 15.1 Å². The third-order valence-electron chi connectivity index (χ3n) is 5.20. The monoisotopic (exact) mass is 456 g/mol. The third kappa shape index (κ3) is 5.10. The van der Waals surface area contributed by atoms with E-state index in [1.165, 1.54) is 4.90 Å². The van der Waals surface area contributed by atoms with Crippen molar-refractivity contribution < 1.29 is 13.9 Å². The predicted octanol–water partition coefficient (Wildman–Crippen LogP) is 5.71. The maximum absolute atomic E-state index is 14.5. The number of hydrogen-bond donors (Lipinski definition) is 1. The summed E-state index contributed by atoms with van der Waals surface area (Å²) in [6, 6.07) is 14.9. The van der Waals surface area contributed by atoms with Crippen molar-refractivity contribution >= 4 is 34.3 Å². The van der Waals surface area contributed by atoms with Crippen LogP contribution in [0, 0.1) is 0 Å². The van der Waals surface area contributed by atoms with Gasteiger partial charge in [0.1, 0.15) is 17.5 Å². The number of likely N-dealkylation sites (tertiary alicyclic amines) is 1. The number of nitrogens with zero attached hydrogens (tertiary/aromatic N) is 3. The highest BCUT2D eigenvalue weighted by Gasteiger charge is 2.33. The summed E-state index contributed by atoms with van der Waals surface area (Å²) in [5.41, 5.74) is 1.01. The Kier molecular flexibility index (Phi) is 6.20. The Labute approximate surface area is 191 Å². The van der Waals surface area contributed by atoms with Gasteiger partial charge in [-0.25, -0.2) is 9.18 Å². The normalized spacial score (nSPS) is 19.1. The lowest BCUT2D eigenvalue weighted by Crippen LogP contribution is -2.51. The van der Waals surface area contributed by atoms with Crippen molar-refractivity contribution in [1.29, 1.82) is 0 Å². The Morgan fingerprint density at radius 3 is 2.47 bits per heavy atom. The van der Waals surface area contributed by atoms with E-state index in [1.807, 2.05) is 48.5 Å². The fourth-order valence-electron chi connectivity index (χ4n) is 3.84. The van der Waals surface area contributed by atoms with Crippen LogP contribution in [0.15, 0.2) is 48.5 Å². The Hall–Kier alpha value is -2.93. The van der Waals surface area contributed by atoms with Gasteiger partial charge in [-0.3, -0.25) is 0 Å². The van der Waals surface area contributed by atoms with E-state index in [-0.39, 0.29) is 19.0 Å². The molecule has 1 amide bonds. The van der Waals surface area contributed by atoms with Gasteiger partial charge in [-0.05, 0) is 32.9 Å². The maximum Gasteiger partial charge on any atom is 0.410 e. The van der Waals surface area contributed by atoms with E-state index < -0.39 is 17.9 Å². The van der Waals surface area contributed by atoms with Crippen LogP contribution in [0.2, 0.25) is 5.02 Å². The third-order valence-corrected chi connectivity index (χ3v) is 5.45. The predicted molar refractivity (Wildman–Crippen MR) is 125 cm³/mol. The number of ether oxygens (including phenoxy) is 1. The molecule has 0 aliphatic carbocycles. The number of rotatable bonds is 3. The molecule has 1 aliphatic heterocycles. The number of piperidine rings is 1. The highest BCUT2D eigenvalue weighted by atomic mass is 35.5. The molecular weight excluding hydrogens is 431 g/mol.